The Balaban J connectivity index is 1.80. The van der Waals surface area contributed by atoms with Gasteiger partial charge < -0.3 is 4.74 Å². The second-order valence-electron chi connectivity index (χ2n) is 4.83. The summed E-state index contributed by atoms with van der Waals surface area (Å²) in [6.07, 6.45) is 1.69. The number of benzene rings is 1. The number of thioether (sulfide) groups is 2. The van der Waals surface area contributed by atoms with Gasteiger partial charge in [-0.1, -0.05) is 52.8 Å². The van der Waals surface area contributed by atoms with Gasteiger partial charge in [0.25, 0.3) is 5.76 Å². The Kier molecular flexibility index (Phi) is 5.93. The summed E-state index contributed by atoms with van der Waals surface area (Å²) in [6, 6.07) is 6.75. The van der Waals surface area contributed by atoms with E-state index in [2.05, 4.69) is 10.2 Å². The molecule has 0 aliphatic heterocycles. The quantitative estimate of drug-likeness (QED) is 0.480. The lowest BCUT2D eigenvalue weighted by Gasteiger charge is -2.09. The number of ether oxygens (including phenoxy) is 1. The van der Waals surface area contributed by atoms with Crippen LogP contribution < -0.4 is 4.74 Å². The van der Waals surface area contributed by atoms with Crippen LogP contribution in [0, 0.1) is 0 Å². The molecule has 3 aromatic rings. The molecule has 3 rings (SSSR count). The zero-order valence-electron chi connectivity index (χ0n) is 12.7. The van der Waals surface area contributed by atoms with Gasteiger partial charge in [-0.2, -0.15) is 8.78 Å². The third-order valence-corrected chi connectivity index (χ3v) is 5.48. The van der Waals surface area contributed by atoms with Gasteiger partial charge in [-0.25, -0.2) is 0 Å². The monoisotopic (exact) mass is 421 g/mol. The fraction of sp³-hybridized carbons (Fsp3) is 0.200. The summed E-state index contributed by atoms with van der Waals surface area (Å²) in [7, 11) is 1.46. The predicted molar refractivity (Wildman–Crippen MR) is 97.4 cm³/mol. The van der Waals surface area contributed by atoms with Crippen LogP contribution in [-0.4, -0.2) is 27.5 Å². The summed E-state index contributed by atoms with van der Waals surface area (Å²) in [4.78, 5) is 0.401. The molecule has 2 aromatic heterocycles. The molecule has 0 radical (unpaired) electrons. The van der Waals surface area contributed by atoms with Crippen molar-refractivity contribution < 1.29 is 13.5 Å². The minimum atomic E-state index is -2.49. The molecule has 2 heterocycles. The smallest absolute Gasteiger partial charge is 0.289 e. The van der Waals surface area contributed by atoms with E-state index in [0.29, 0.717) is 49.0 Å². The fourth-order valence-corrected chi connectivity index (χ4v) is 4.10. The van der Waals surface area contributed by atoms with Crippen LogP contribution in [0.4, 0.5) is 8.78 Å². The summed E-state index contributed by atoms with van der Waals surface area (Å²) in [5.74, 6) is -1.52. The number of hydrogen-bond acceptors (Lipinski definition) is 5. The zero-order chi connectivity index (χ0) is 18.0. The molecule has 10 heteroatoms. The summed E-state index contributed by atoms with van der Waals surface area (Å²) >= 11 is 14.0. The molecule has 0 saturated carbocycles. The summed E-state index contributed by atoms with van der Waals surface area (Å²) in [5, 5.41) is 9.68. The Labute approximate surface area is 160 Å². The van der Waals surface area contributed by atoms with Crippen molar-refractivity contribution in [3.63, 3.8) is 0 Å². The lowest BCUT2D eigenvalue weighted by Crippen LogP contribution is -1.92. The second-order valence-corrected chi connectivity index (χ2v) is 7.65. The Bertz CT molecular complexity index is 908. The van der Waals surface area contributed by atoms with Crippen LogP contribution in [0.25, 0.3) is 5.65 Å². The number of fused-ring (bicyclic) bond motifs is 1. The molecule has 0 saturated heterocycles. The van der Waals surface area contributed by atoms with Crippen molar-refractivity contribution >= 4 is 52.4 Å². The minimum absolute atomic E-state index is 0.401. The zero-order valence-corrected chi connectivity index (χ0v) is 15.9. The van der Waals surface area contributed by atoms with Crippen LogP contribution >= 0.6 is 46.7 Å². The molecular weight excluding hydrogens is 411 g/mol. The van der Waals surface area contributed by atoms with Crippen molar-refractivity contribution in [3.8, 4) is 5.75 Å². The standard InChI is InChI=1S/C15H11Cl2F2N3OS2/c1-23-11-4-8(2-3-12(11)25-14(18)19)7-24-15-21-20-13-10(17)5-9(16)6-22(13)15/h2-6,14H,7H2,1H3. The number of methoxy groups -OCH3 is 1. The van der Waals surface area contributed by atoms with Crippen molar-refractivity contribution in [3.05, 3.63) is 46.1 Å². The van der Waals surface area contributed by atoms with Gasteiger partial charge in [0.1, 0.15) is 5.75 Å². The van der Waals surface area contributed by atoms with E-state index < -0.39 is 5.76 Å². The molecule has 0 fully saturated rings. The summed E-state index contributed by atoms with van der Waals surface area (Å²) in [6.45, 7) is 0. The van der Waals surface area contributed by atoms with Crippen LogP contribution in [0.3, 0.4) is 0 Å². The molecule has 0 aliphatic rings. The van der Waals surface area contributed by atoms with E-state index in [1.807, 2.05) is 0 Å². The first-order chi connectivity index (χ1) is 12.0. The Morgan fingerprint density at radius 2 is 2.04 bits per heavy atom. The number of nitrogens with zero attached hydrogens (tertiary/aromatic N) is 3. The van der Waals surface area contributed by atoms with E-state index >= 15 is 0 Å². The molecule has 132 valence electrons. The highest BCUT2D eigenvalue weighted by Crippen LogP contribution is 2.35. The molecule has 0 aliphatic carbocycles. The third-order valence-electron chi connectivity index (χ3n) is 3.21. The highest BCUT2D eigenvalue weighted by Gasteiger charge is 2.13. The lowest BCUT2D eigenvalue weighted by molar-refractivity contribution is 0.251. The molecule has 0 atom stereocenters. The van der Waals surface area contributed by atoms with Gasteiger partial charge in [0.15, 0.2) is 10.8 Å². The first-order valence-corrected chi connectivity index (χ1v) is 9.54. The topological polar surface area (TPSA) is 39.4 Å². The minimum Gasteiger partial charge on any atom is -0.496 e. The van der Waals surface area contributed by atoms with Crippen LogP contribution in [-0.2, 0) is 5.75 Å². The molecule has 25 heavy (non-hydrogen) atoms. The normalized spacial score (nSPS) is 11.4. The lowest BCUT2D eigenvalue weighted by atomic mass is 10.2. The molecule has 0 spiro atoms. The number of rotatable bonds is 6. The van der Waals surface area contributed by atoms with Gasteiger partial charge in [0.05, 0.1) is 22.1 Å². The largest absolute Gasteiger partial charge is 0.496 e. The predicted octanol–water partition coefficient (Wildman–Crippen LogP) is 5.65. The number of alkyl halides is 2. The van der Waals surface area contributed by atoms with E-state index in [4.69, 9.17) is 27.9 Å². The summed E-state index contributed by atoms with van der Waals surface area (Å²) in [5.41, 5.74) is 1.43. The fourth-order valence-electron chi connectivity index (χ4n) is 2.14. The molecule has 0 unspecified atom stereocenters. The van der Waals surface area contributed by atoms with Crippen molar-refractivity contribution in [2.24, 2.45) is 0 Å². The molecule has 0 N–H and O–H groups in total. The van der Waals surface area contributed by atoms with E-state index in [9.17, 15) is 8.78 Å². The van der Waals surface area contributed by atoms with E-state index in [1.165, 1.54) is 18.9 Å². The van der Waals surface area contributed by atoms with E-state index in [1.54, 1.807) is 34.9 Å². The summed E-state index contributed by atoms with van der Waals surface area (Å²) < 4.78 is 32.0. The third kappa shape index (κ3) is 4.31. The van der Waals surface area contributed by atoms with Gasteiger partial charge in [0, 0.05) is 11.9 Å². The van der Waals surface area contributed by atoms with Crippen LogP contribution in [0.2, 0.25) is 10.0 Å². The first kappa shape index (κ1) is 18.6. The SMILES string of the molecule is COc1cc(CSc2nnc3c(Cl)cc(Cl)cn23)ccc1SC(F)F. The average Bonchev–Trinajstić information content (AvgIpc) is 2.96. The van der Waals surface area contributed by atoms with Gasteiger partial charge >= 0.3 is 0 Å². The number of hydrogen-bond donors (Lipinski definition) is 0. The van der Waals surface area contributed by atoms with Crippen molar-refractivity contribution in [1.29, 1.82) is 0 Å². The molecule has 1 aromatic carbocycles. The van der Waals surface area contributed by atoms with Crippen LogP contribution in [0.5, 0.6) is 5.75 Å². The van der Waals surface area contributed by atoms with Gasteiger partial charge in [-0.15, -0.1) is 10.2 Å². The second kappa shape index (κ2) is 7.99. The molecule has 0 bridgehead atoms. The maximum atomic E-state index is 12.5. The Morgan fingerprint density at radius 3 is 2.76 bits per heavy atom. The van der Waals surface area contributed by atoms with Crippen molar-refractivity contribution in [2.45, 2.75) is 21.6 Å². The Morgan fingerprint density at radius 1 is 1.24 bits per heavy atom. The van der Waals surface area contributed by atoms with Crippen LogP contribution in [0.15, 0.2) is 40.5 Å². The highest BCUT2D eigenvalue weighted by molar-refractivity contribution is 7.99. The van der Waals surface area contributed by atoms with E-state index in [0.717, 1.165) is 5.56 Å². The van der Waals surface area contributed by atoms with Crippen molar-refractivity contribution in [2.75, 3.05) is 7.11 Å². The van der Waals surface area contributed by atoms with Gasteiger partial charge in [0.2, 0.25) is 0 Å². The average molecular weight is 422 g/mol. The number of halogens is 4. The van der Waals surface area contributed by atoms with Crippen LogP contribution in [0.1, 0.15) is 5.56 Å². The maximum absolute atomic E-state index is 12.5. The maximum Gasteiger partial charge on any atom is 0.289 e. The van der Waals surface area contributed by atoms with Gasteiger partial charge in [-0.3, -0.25) is 4.40 Å². The highest BCUT2D eigenvalue weighted by atomic mass is 35.5. The molecule has 4 nitrogen and oxygen atoms in total. The Hall–Kier alpha value is -1.22. The molecular formula is C15H11Cl2F2N3OS2. The number of pyridine rings is 1. The van der Waals surface area contributed by atoms with E-state index in [-0.39, 0.29) is 0 Å². The first-order valence-electron chi connectivity index (χ1n) is 6.92. The number of aromatic nitrogens is 3. The van der Waals surface area contributed by atoms with Gasteiger partial charge in [-0.05, 0) is 23.8 Å². The molecule has 0 amide bonds. The van der Waals surface area contributed by atoms with Crippen molar-refractivity contribution in [1.82, 2.24) is 14.6 Å².